The molecular formula is C30H48N4O7S. The maximum Gasteiger partial charge on any atom is 0.333 e. The maximum absolute atomic E-state index is 13.1. The van der Waals surface area contributed by atoms with Crippen LogP contribution in [0.15, 0.2) is 44.8 Å². The Morgan fingerprint density at radius 2 is 1.52 bits per heavy atom. The van der Waals surface area contributed by atoms with E-state index in [2.05, 4.69) is 9.80 Å². The molecule has 3 rings (SSSR count). The Hall–Kier alpha value is -2.67. The van der Waals surface area contributed by atoms with E-state index in [4.69, 9.17) is 8.92 Å². The molecule has 1 unspecified atom stereocenters. The van der Waals surface area contributed by atoms with Crippen molar-refractivity contribution in [3.05, 3.63) is 51.2 Å². The Morgan fingerprint density at radius 3 is 2.07 bits per heavy atom. The first-order valence-electron chi connectivity index (χ1n) is 14.9. The summed E-state index contributed by atoms with van der Waals surface area (Å²) in [4.78, 5) is 30.1. The number of piperazine rings is 1. The average Bonchev–Trinajstić information content (AvgIpc) is 2.91. The summed E-state index contributed by atoms with van der Waals surface area (Å²) in [5, 5.41) is 11.1. The molecule has 42 heavy (non-hydrogen) atoms. The number of β-amino-alcohol motifs (C(OH)–C–C–N with tert-alkyl or cyclic N) is 1. The van der Waals surface area contributed by atoms with Crippen LogP contribution in [0.5, 0.6) is 5.75 Å². The zero-order chi connectivity index (χ0) is 31.2. The minimum atomic E-state index is -3.83. The van der Waals surface area contributed by atoms with Gasteiger partial charge in [0.2, 0.25) is 0 Å². The molecule has 0 saturated carbocycles. The molecule has 1 aliphatic heterocycles. The monoisotopic (exact) mass is 608 g/mol. The lowest BCUT2D eigenvalue weighted by Gasteiger charge is -2.40. The Balaban J connectivity index is 1.60. The molecule has 11 nitrogen and oxygen atoms in total. The van der Waals surface area contributed by atoms with Crippen LogP contribution >= 0.6 is 0 Å². The summed E-state index contributed by atoms with van der Waals surface area (Å²) in [6.07, 6.45) is 1.73. The van der Waals surface area contributed by atoms with Gasteiger partial charge in [0.05, 0.1) is 11.5 Å². The molecule has 2 aromatic rings. The van der Waals surface area contributed by atoms with E-state index in [0.717, 1.165) is 12.8 Å². The van der Waals surface area contributed by atoms with Crippen molar-refractivity contribution in [3.63, 3.8) is 0 Å². The average molecular weight is 609 g/mol. The van der Waals surface area contributed by atoms with Crippen molar-refractivity contribution in [1.29, 1.82) is 0 Å². The van der Waals surface area contributed by atoms with Crippen LogP contribution in [0.25, 0.3) is 0 Å². The zero-order valence-electron chi connectivity index (χ0n) is 26.1. The minimum absolute atomic E-state index is 0.0620. The van der Waals surface area contributed by atoms with Gasteiger partial charge in [-0.3, -0.25) is 23.0 Å². The number of anilines is 1. The van der Waals surface area contributed by atoms with Crippen molar-refractivity contribution in [3.8, 4) is 5.75 Å². The van der Waals surface area contributed by atoms with Crippen molar-refractivity contribution in [2.75, 3.05) is 44.2 Å². The number of rotatable bonds is 14. The van der Waals surface area contributed by atoms with Crippen molar-refractivity contribution in [2.24, 2.45) is 0 Å². The largest absolute Gasteiger partial charge is 0.485 e. The quantitative estimate of drug-likeness (QED) is 0.254. The highest BCUT2D eigenvalue weighted by Crippen LogP contribution is 2.25. The molecule has 1 atom stereocenters. The van der Waals surface area contributed by atoms with Gasteiger partial charge < -0.3 is 14.7 Å². The molecule has 236 valence electrons. The van der Waals surface area contributed by atoms with Crippen LogP contribution in [-0.2, 0) is 14.3 Å². The van der Waals surface area contributed by atoms with Crippen molar-refractivity contribution < 1.29 is 22.4 Å². The molecule has 1 aromatic heterocycles. The predicted octanol–water partition coefficient (Wildman–Crippen LogP) is 3.41. The fraction of sp³-hybridized carbons (Fsp3) is 0.667. The van der Waals surface area contributed by atoms with Gasteiger partial charge >= 0.3 is 5.69 Å². The molecule has 0 aliphatic carbocycles. The van der Waals surface area contributed by atoms with E-state index < -0.39 is 21.8 Å². The molecule has 1 N–H and O–H groups in total. The lowest BCUT2D eigenvalue weighted by atomic mass is 10.0. The maximum atomic E-state index is 13.1. The highest BCUT2D eigenvalue weighted by Gasteiger charge is 2.33. The van der Waals surface area contributed by atoms with Gasteiger partial charge in [0.25, 0.3) is 15.7 Å². The van der Waals surface area contributed by atoms with E-state index in [1.807, 2.05) is 34.6 Å². The predicted molar refractivity (Wildman–Crippen MR) is 164 cm³/mol. The summed E-state index contributed by atoms with van der Waals surface area (Å²) in [6, 6.07) is 7.24. The number of hydrogen-bond donors (Lipinski definition) is 1. The Labute approximate surface area is 249 Å². The van der Waals surface area contributed by atoms with Gasteiger partial charge in [0.15, 0.2) is 0 Å². The van der Waals surface area contributed by atoms with Gasteiger partial charge in [-0.15, -0.1) is 0 Å². The molecule has 1 saturated heterocycles. The summed E-state index contributed by atoms with van der Waals surface area (Å²) >= 11 is 0. The van der Waals surface area contributed by atoms with E-state index in [9.17, 15) is 23.1 Å². The Morgan fingerprint density at radius 1 is 0.929 bits per heavy atom. The van der Waals surface area contributed by atoms with Crippen molar-refractivity contribution in [2.45, 2.75) is 96.4 Å². The highest BCUT2D eigenvalue weighted by atomic mass is 32.2. The molecule has 0 amide bonds. The molecule has 1 aliphatic rings. The summed E-state index contributed by atoms with van der Waals surface area (Å²) in [5.41, 5.74) is -1.55. The van der Waals surface area contributed by atoms with Gasteiger partial charge in [-0.25, -0.2) is 4.79 Å². The lowest BCUT2D eigenvalue weighted by Crippen LogP contribution is -2.54. The SMILES string of the molecule is CCCCCOS(=O)(=O)c1ccc(OC(C)(C)C(O)CN2CCN(c3cc(=O)n(C(C)C)c(=O)n3C(C)C)CC2)cc1. The lowest BCUT2D eigenvalue weighted by molar-refractivity contribution is -0.0450. The molecule has 12 heteroatoms. The smallest absolute Gasteiger partial charge is 0.333 e. The molecular weight excluding hydrogens is 560 g/mol. The normalized spacial score (nSPS) is 15.9. The van der Waals surface area contributed by atoms with Crippen molar-refractivity contribution in [1.82, 2.24) is 14.0 Å². The summed E-state index contributed by atoms with van der Waals surface area (Å²) in [7, 11) is -3.83. The molecule has 0 radical (unpaired) electrons. The Bertz CT molecular complexity index is 1390. The Kier molecular flexibility index (Phi) is 11.4. The second-order valence-corrected chi connectivity index (χ2v) is 13.6. The first-order valence-corrected chi connectivity index (χ1v) is 16.3. The van der Waals surface area contributed by atoms with Crippen LogP contribution in [0, 0.1) is 0 Å². The van der Waals surface area contributed by atoms with Crippen LogP contribution in [0.3, 0.4) is 0 Å². The summed E-state index contributed by atoms with van der Waals surface area (Å²) in [6.45, 7) is 16.1. The van der Waals surface area contributed by atoms with Gasteiger partial charge in [-0.2, -0.15) is 8.42 Å². The van der Waals surface area contributed by atoms with Crippen LogP contribution in [-0.4, -0.2) is 78.6 Å². The first kappa shape index (κ1) is 33.8. The second kappa shape index (κ2) is 14.2. The van der Waals surface area contributed by atoms with E-state index in [1.54, 1.807) is 36.6 Å². The third kappa shape index (κ3) is 8.24. The van der Waals surface area contributed by atoms with Crippen LogP contribution in [0.2, 0.25) is 0 Å². The highest BCUT2D eigenvalue weighted by molar-refractivity contribution is 7.86. The number of unbranched alkanes of at least 4 members (excludes halogenated alkanes) is 2. The standard InChI is InChI=1S/C30H48N4O7S/c1-8-9-10-19-40-42(38,39)25-13-11-24(12-14-25)41-30(6,7)26(35)21-31-15-17-32(18-16-31)27-20-28(36)34(23(4)5)29(37)33(27)22(2)3/h11-14,20,22-23,26,35H,8-10,15-19,21H2,1-7H3. The van der Waals surface area contributed by atoms with Gasteiger partial charge in [-0.05, 0) is 72.2 Å². The van der Waals surface area contributed by atoms with Gasteiger partial charge in [0.1, 0.15) is 23.3 Å². The molecule has 2 heterocycles. The summed E-state index contributed by atoms with van der Waals surface area (Å²) < 4.78 is 39.0. The third-order valence-electron chi connectivity index (χ3n) is 7.59. The fourth-order valence-corrected chi connectivity index (χ4v) is 5.96. The second-order valence-electron chi connectivity index (χ2n) is 12.0. The number of benzene rings is 1. The minimum Gasteiger partial charge on any atom is -0.485 e. The van der Waals surface area contributed by atoms with Crippen LogP contribution < -0.4 is 20.9 Å². The molecule has 1 fully saturated rings. The van der Waals surface area contributed by atoms with Gasteiger partial charge in [-0.1, -0.05) is 19.8 Å². The van der Waals surface area contributed by atoms with Gasteiger partial charge in [0, 0.05) is 50.9 Å². The van der Waals surface area contributed by atoms with E-state index in [1.165, 1.54) is 16.7 Å². The fourth-order valence-electron chi connectivity index (χ4n) is 5.02. The summed E-state index contributed by atoms with van der Waals surface area (Å²) in [5.74, 6) is 1.06. The number of nitrogens with zero attached hydrogens (tertiary/aromatic N) is 4. The zero-order valence-corrected chi connectivity index (χ0v) is 26.9. The van der Waals surface area contributed by atoms with E-state index in [0.29, 0.717) is 50.7 Å². The molecule has 0 bridgehead atoms. The number of ether oxygens (including phenoxy) is 1. The number of aliphatic hydroxyl groups is 1. The number of aromatic nitrogens is 2. The topological polar surface area (TPSA) is 123 Å². The number of hydrogen-bond acceptors (Lipinski definition) is 9. The first-order chi connectivity index (χ1) is 19.7. The third-order valence-corrected chi connectivity index (χ3v) is 8.92. The molecule has 1 aromatic carbocycles. The van der Waals surface area contributed by atoms with Crippen LogP contribution in [0.4, 0.5) is 5.82 Å². The van der Waals surface area contributed by atoms with E-state index in [-0.39, 0.29) is 34.8 Å². The molecule has 0 spiro atoms. The number of aliphatic hydroxyl groups excluding tert-OH is 1. The van der Waals surface area contributed by atoms with E-state index >= 15 is 0 Å². The van der Waals surface area contributed by atoms with Crippen molar-refractivity contribution >= 4 is 15.9 Å². The van der Waals surface area contributed by atoms with Crippen LogP contribution in [0.1, 0.15) is 79.8 Å².